The van der Waals surface area contributed by atoms with Gasteiger partial charge in [-0.3, -0.25) is 4.79 Å². The van der Waals surface area contributed by atoms with E-state index in [4.69, 9.17) is 0 Å². The van der Waals surface area contributed by atoms with Gasteiger partial charge in [0, 0.05) is 17.3 Å². The van der Waals surface area contributed by atoms with Gasteiger partial charge < -0.3 is 10.6 Å². The molecule has 1 aliphatic carbocycles. The molecule has 23 heavy (non-hydrogen) atoms. The van der Waals surface area contributed by atoms with E-state index in [2.05, 4.69) is 10.6 Å². The molecule has 120 valence electrons. The van der Waals surface area contributed by atoms with Gasteiger partial charge in [-0.25, -0.2) is 13.2 Å². The Bertz CT molecular complexity index is 727. The minimum atomic E-state index is -1.51. The predicted octanol–water partition coefficient (Wildman–Crippen LogP) is 4.59. The molecule has 1 fully saturated rings. The molecule has 0 aromatic heterocycles. The largest absolute Gasteiger partial charge is 0.353 e. The molecule has 0 spiro atoms. The van der Waals surface area contributed by atoms with Gasteiger partial charge in [-0.15, -0.1) is 0 Å². The van der Waals surface area contributed by atoms with Crippen molar-refractivity contribution in [1.29, 1.82) is 0 Å². The first-order valence-corrected chi connectivity index (χ1v) is 7.36. The first-order valence-electron chi connectivity index (χ1n) is 7.36. The summed E-state index contributed by atoms with van der Waals surface area (Å²) in [6.07, 6.45) is 2.92. The number of carbonyl (C=O) groups excluding carboxylic acids is 1. The number of hydrogen-bond acceptors (Lipinski definition) is 2. The third-order valence-corrected chi connectivity index (χ3v) is 3.94. The summed E-state index contributed by atoms with van der Waals surface area (Å²) in [6, 6.07) is 8.55. The number of rotatable bonds is 4. The molecule has 2 aromatic carbocycles. The van der Waals surface area contributed by atoms with Crippen LogP contribution in [-0.4, -0.2) is 5.91 Å². The zero-order valence-electron chi connectivity index (χ0n) is 12.2. The lowest BCUT2D eigenvalue weighted by atomic mass is 9.85. The standard InChI is InChI=1S/C17H15F3N2O/c18-13-8-9-14(16(20)15(13)19)21-11-4-6-12(7-5-11)22-17(23)10-2-1-3-10/h4-10,21H,1-3H2,(H,22,23). The van der Waals surface area contributed by atoms with Crippen LogP contribution in [0.15, 0.2) is 36.4 Å². The Morgan fingerprint density at radius 1 is 0.913 bits per heavy atom. The zero-order chi connectivity index (χ0) is 16.4. The van der Waals surface area contributed by atoms with E-state index in [9.17, 15) is 18.0 Å². The highest BCUT2D eigenvalue weighted by Crippen LogP contribution is 2.28. The van der Waals surface area contributed by atoms with Crippen molar-refractivity contribution in [2.75, 3.05) is 10.6 Å². The number of nitrogens with one attached hydrogen (secondary N) is 2. The molecule has 0 heterocycles. The molecule has 1 aliphatic rings. The molecule has 0 aliphatic heterocycles. The van der Waals surface area contributed by atoms with Gasteiger partial charge >= 0.3 is 0 Å². The molecule has 0 saturated heterocycles. The molecule has 0 radical (unpaired) electrons. The van der Waals surface area contributed by atoms with E-state index >= 15 is 0 Å². The number of anilines is 3. The van der Waals surface area contributed by atoms with Crippen molar-refractivity contribution in [2.24, 2.45) is 5.92 Å². The minimum absolute atomic E-state index is 0.00334. The second kappa shape index (κ2) is 6.32. The van der Waals surface area contributed by atoms with Crippen LogP contribution < -0.4 is 10.6 Å². The number of benzene rings is 2. The Balaban J connectivity index is 1.68. The van der Waals surface area contributed by atoms with Crippen LogP contribution in [0.4, 0.5) is 30.2 Å². The van der Waals surface area contributed by atoms with Gasteiger partial charge in [-0.05, 0) is 49.2 Å². The van der Waals surface area contributed by atoms with Gasteiger partial charge in [-0.1, -0.05) is 6.42 Å². The molecule has 0 unspecified atom stereocenters. The monoisotopic (exact) mass is 320 g/mol. The van der Waals surface area contributed by atoms with Crippen molar-refractivity contribution in [3.05, 3.63) is 53.8 Å². The molecular weight excluding hydrogens is 305 g/mol. The van der Waals surface area contributed by atoms with Crippen molar-refractivity contribution in [1.82, 2.24) is 0 Å². The lowest BCUT2D eigenvalue weighted by Crippen LogP contribution is -2.27. The van der Waals surface area contributed by atoms with Crippen LogP contribution in [-0.2, 0) is 4.79 Å². The fourth-order valence-corrected chi connectivity index (χ4v) is 2.33. The highest BCUT2D eigenvalue weighted by Gasteiger charge is 2.25. The summed E-state index contributed by atoms with van der Waals surface area (Å²) in [5.41, 5.74) is 0.977. The molecule has 3 rings (SSSR count). The maximum Gasteiger partial charge on any atom is 0.227 e. The van der Waals surface area contributed by atoms with Gasteiger partial charge in [-0.2, -0.15) is 0 Å². The summed E-state index contributed by atoms with van der Waals surface area (Å²) in [6.45, 7) is 0. The normalized spacial score (nSPS) is 14.2. The van der Waals surface area contributed by atoms with E-state index in [-0.39, 0.29) is 17.5 Å². The van der Waals surface area contributed by atoms with E-state index in [1.54, 1.807) is 24.3 Å². The molecule has 1 saturated carbocycles. The molecule has 6 heteroatoms. The summed E-state index contributed by atoms with van der Waals surface area (Å²) in [4.78, 5) is 11.8. The Morgan fingerprint density at radius 3 is 2.17 bits per heavy atom. The molecule has 2 aromatic rings. The van der Waals surface area contributed by atoms with Crippen molar-refractivity contribution >= 4 is 23.0 Å². The van der Waals surface area contributed by atoms with Gasteiger partial charge in [0.25, 0.3) is 0 Å². The van der Waals surface area contributed by atoms with Crippen molar-refractivity contribution in [3.63, 3.8) is 0 Å². The molecule has 2 N–H and O–H groups in total. The highest BCUT2D eigenvalue weighted by molar-refractivity contribution is 5.93. The van der Waals surface area contributed by atoms with Crippen LogP contribution >= 0.6 is 0 Å². The van der Waals surface area contributed by atoms with E-state index < -0.39 is 17.5 Å². The molecule has 0 atom stereocenters. The SMILES string of the molecule is O=C(Nc1ccc(Nc2ccc(F)c(F)c2F)cc1)C1CCC1. The fourth-order valence-electron chi connectivity index (χ4n) is 2.33. The topological polar surface area (TPSA) is 41.1 Å². The Kier molecular flexibility index (Phi) is 4.23. The van der Waals surface area contributed by atoms with Crippen molar-refractivity contribution in [3.8, 4) is 0 Å². The number of carbonyl (C=O) groups is 1. The van der Waals surface area contributed by atoms with E-state index in [1.807, 2.05) is 0 Å². The summed E-state index contributed by atoms with van der Waals surface area (Å²) < 4.78 is 39.7. The Hall–Kier alpha value is -2.50. The first kappa shape index (κ1) is 15.4. The van der Waals surface area contributed by atoms with Gasteiger partial charge in [0.1, 0.15) is 0 Å². The lowest BCUT2D eigenvalue weighted by Gasteiger charge is -2.24. The maximum absolute atomic E-state index is 13.6. The van der Waals surface area contributed by atoms with Crippen LogP contribution in [0, 0.1) is 23.4 Å². The second-order valence-electron chi connectivity index (χ2n) is 5.54. The maximum atomic E-state index is 13.6. The summed E-state index contributed by atoms with van der Waals surface area (Å²) in [7, 11) is 0. The van der Waals surface area contributed by atoms with Crippen molar-refractivity contribution < 1.29 is 18.0 Å². The van der Waals surface area contributed by atoms with Crippen molar-refractivity contribution in [2.45, 2.75) is 19.3 Å². The number of hydrogen-bond donors (Lipinski definition) is 2. The van der Waals surface area contributed by atoms with E-state index in [0.29, 0.717) is 11.4 Å². The highest BCUT2D eigenvalue weighted by atomic mass is 19.2. The van der Waals surface area contributed by atoms with E-state index in [0.717, 1.165) is 31.4 Å². The Labute approximate surface area is 131 Å². The van der Waals surface area contributed by atoms with Crippen LogP contribution in [0.25, 0.3) is 0 Å². The number of amides is 1. The average molecular weight is 320 g/mol. The van der Waals surface area contributed by atoms with Gasteiger partial charge in [0.05, 0.1) is 5.69 Å². The summed E-state index contributed by atoms with van der Waals surface area (Å²) >= 11 is 0. The van der Waals surface area contributed by atoms with Crippen LogP contribution in [0.1, 0.15) is 19.3 Å². The van der Waals surface area contributed by atoms with Crippen LogP contribution in [0.2, 0.25) is 0 Å². The average Bonchev–Trinajstić information content (AvgIpc) is 2.48. The van der Waals surface area contributed by atoms with Gasteiger partial charge in [0.2, 0.25) is 5.91 Å². The predicted molar refractivity (Wildman–Crippen MR) is 82.0 cm³/mol. The smallest absolute Gasteiger partial charge is 0.227 e. The van der Waals surface area contributed by atoms with Gasteiger partial charge in [0.15, 0.2) is 17.5 Å². The third kappa shape index (κ3) is 3.31. The van der Waals surface area contributed by atoms with Crippen LogP contribution in [0.3, 0.4) is 0 Å². The molecule has 0 bridgehead atoms. The first-order chi connectivity index (χ1) is 11.0. The Morgan fingerprint density at radius 2 is 1.57 bits per heavy atom. The van der Waals surface area contributed by atoms with E-state index in [1.165, 1.54) is 0 Å². The summed E-state index contributed by atoms with van der Waals surface area (Å²) in [5.74, 6) is -3.93. The molecular formula is C17H15F3N2O. The fraction of sp³-hybridized carbons (Fsp3) is 0.235. The zero-order valence-corrected chi connectivity index (χ0v) is 12.2. The van der Waals surface area contributed by atoms with Crippen LogP contribution in [0.5, 0.6) is 0 Å². The second-order valence-corrected chi connectivity index (χ2v) is 5.54. The quantitative estimate of drug-likeness (QED) is 0.809. The summed E-state index contributed by atoms with van der Waals surface area (Å²) in [5, 5.41) is 5.48. The molecule has 1 amide bonds. The third-order valence-electron chi connectivity index (χ3n) is 3.94. The lowest BCUT2D eigenvalue weighted by molar-refractivity contribution is -0.122. The molecule has 3 nitrogen and oxygen atoms in total. The number of halogens is 3. The minimum Gasteiger partial charge on any atom is -0.353 e.